The number of hydrogen-bond donors (Lipinski definition) is 1. The van der Waals surface area contributed by atoms with Gasteiger partial charge < -0.3 is 10.6 Å². The fraction of sp³-hybridized carbons (Fsp3) is 0.600. The van der Waals surface area contributed by atoms with Crippen molar-refractivity contribution in [2.45, 2.75) is 31.8 Å². The van der Waals surface area contributed by atoms with E-state index in [1.54, 1.807) is 17.5 Å². The predicted molar refractivity (Wildman–Crippen MR) is 59.5 cm³/mol. The highest BCUT2D eigenvalue weighted by atomic mass is 32.1. The maximum absolute atomic E-state index is 11.7. The van der Waals surface area contributed by atoms with E-state index < -0.39 is 0 Å². The van der Waals surface area contributed by atoms with Crippen LogP contribution in [0, 0.1) is 0 Å². The molecule has 2 N–H and O–H groups in total. The second kappa shape index (κ2) is 4.28. The van der Waals surface area contributed by atoms with E-state index in [2.05, 4.69) is 11.9 Å². The van der Waals surface area contributed by atoms with Gasteiger partial charge in [-0.2, -0.15) is 0 Å². The molecular weight excluding hydrogens is 210 g/mol. The average Bonchev–Trinajstić information content (AvgIpc) is 2.77. The molecule has 0 radical (unpaired) electrons. The molecule has 1 amide bonds. The molecule has 1 aromatic heterocycles. The van der Waals surface area contributed by atoms with Gasteiger partial charge in [0, 0.05) is 30.6 Å². The van der Waals surface area contributed by atoms with Crippen molar-refractivity contribution in [3.8, 4) is 0 Å². The zero-order chi connectivity index (χ0) is 10.8. The summed E-state index contributed by atoms with van der Waals surface area (Å²) in [6.45, 7) is 2.84. The Bertz CT molecular complexity index is 338. The fourth-order valence-corrected chi connectivity index (χ4v) is 2.84. The average molecular weight is 225 g/mol. The molecular formula is C10H15N3OS. The van der Waals surface area contributed by atoms with E-state index in [4.69, 9.17) is 5.73 Å². The second-order valence-corrected chi connectivity index (χ2v) is 4.70. The van der Waals surface area contributed by atoms with Crippen LogP contribution in [-0.4, -0.2) is 28.4 Å². The number of nitrogens with zero attached hydrogens (tertiary/aromatic N) is 2. The summed E-state index contributed by atoms with van der Waals surface area (Å²) in [4.78, 5) is 17.8. The van der Waals surface area contributed by atoms with Crippen LogP contribution in [0.15, 0.2) is 11.6 Å². The molecule has 0 unspecified atom stereocenters. The van der Waals surface area contributed by atoms with Crippen LogP contribution >= 0.6 is 11.3 Å². The Kier molecular flexibility index (Phi) is 3.02. The molecule has 0 aromatic carbocycles. The van der Waals surface area contributed by atoms with E-state index in [0.717, 1.165) is 18.0 Å². The fourth-order valence-electron chi connectivity index (χ4n) is 2.02. The predicted octanol–water partition coefficient (Wildman–Crippen LogP) is 1.15. The zero-order valence-corrected chi connectivity index (χ0v) is 9.54. The van der Waals surface area contributed by atoms with Crippen LogP contribution in [0.4, 0.5) is 0 Å². The first kappa shape index (κ1) is 10.6. The number of carbonyl (C=O) groups is 1. The minimum atomic E-state index is -0.102. The van der Waals surface area contributed by atoms with Gasteiger partial charge >= 0.3 is 0 Å². The Morgan fingerprint density at radius 1 is 1.73 bits per heavy atom. The smallest absolute Gasteiger partial charge is 0.224 e. The van der Waals surface area contributed by atoms with Crippen LogP contribution in [0.2, 0.25) is 0 Å². The zero-order valence-electron chi connectivity index (χ0n) is 8.72. The van der Waals surface area contributed by atoms with Crippen molar-refractivity contribution in [3.63, 3.8) is 0 Å². The number of hydrogen-bond acceptors (Lipinski definition) is 4. The third kappa shape index (κ3) is 1.89. The minimum Gasteiger partial charge on any atom is -0.332 e. The van der Waals surface area contributed by atoms with Crippen molar-refractivity contribution in [1.29, 1.82) is 0 Å². The maximum Gasteiger partial charge on any atom is 0.224 e. The summed E-state index contributed by atoms with van der Waals surface area (Å²) in [5.74, 6) is 0.157. The quantitative estimate of drug-likeness (QED) is 0.839. The minimum absolute atomic E-state index is 0.00236. The number of nitrogens with two attached hydrogens (primary N) is 1. The molecule has 1 aliphatic rings. The number of thiazole rings is 1. The molecule has 1 aliphatic heterocycles. The highest BCUT2D eigenvalue weighted by Crippen LogP contribution is 2.32. The van der Waals surface area contributed by atoms with E-state index in [1.807, 2.05) is 10.3 Å². The van der Waals surface area contributed by atoms with Crippen molar-refractivity contribution in [3.05, 3.63) is 16.6 Å². The molecule has 0 spiro atoms. The van der Waals surface area contributed by atoms with Crippen molar-refractivity contribution in [1.82, 2.24) is 9.88 Å². The Balaban J connectivity index is 2.23. The number of rotatable bonds is 3. The summed E-state index contributed by atoms with van der Waals surface area (Å²) < 4.78 is 0. The molecule has 0 bridgehead atoms. The van der Waals surface area contributed by atoms with Gasteiger partial charge in [0.2, 0.25) is 5.91 Å². The first-order valence-electron chi connectivity index (χ1n) is 5.18. The number of aromatic nitrogens is 1. The first-order valence-corrected chi connectivity index (χ1v) is 6.06. The van der Waals surface area contributed by atoms with Crippen LogP contribution in [0.25, 0.3) is 0 Å². The molecule has 82 valence electrons. The van der Waals surface area contributed by atoms with E-state index in [-0.39, 0.29) is 18.0 Å². The Morgan fingerprint density at radius 3 is 3.13 bits per heavy atom. The lowest BCUT2D eigenvalue weighted by Gasteiger charge is -2.24. The Hall–Kier alpha value is -0.940. The van der Waals surface area contributed by atoms with Gasteiger partial charge in [-0.05, 0) is 6.42 Å². The lowest BCUT2D eigenvalue weighted by Crippen LogP contribution is -2.33. The Labute approximate surface area is 93.1 Å². The topological polar surface area (TPSA) is 59.2 Å². The highest BCUT2D eigenvalue weighted by Gasteiger charge is 2.39. The van der Waals surface area contributed by atoms with Crippen LogP contribution in [0.5, 0.6) is 0 Å². The van der Waals surface area contributed by atoms with E-state index in [1.165, 1.54) is 0 Å². The summed E-state index contributed by atoms with van der Waals surface area (Å²) in [6, 6.07) is -0.104. The standard InChI is InChI=1S/C10H15N3OS/c1-2-4-13-8(14)6-7(11)9(13)10-12-3-5-15-10/h3,5,7,9H,2,4,6,11H2,1H3/t7-,9-/m0/s1. The monoisotopic (exact) mass is 225 g/mol. The Morgan fingerprint density at radius 2 is 2.53 bits per heavy atom. The van der Waals surface area contributed by atoms with E-state index in [9.17, 15) is 4.79 Å². The van der Waals surface area contributed by atoms with E-state index in [0.29, 0.717) is 6.42 Å². The molecule has 15 heavy (non-hydrogen) atoms. The molecule has 5 heteroatoms. The van der Waals surface area contributed by atoms with Gasteiger partial charge in [-0.15, -0.1) is 11.3 Å². The lowest BCUT2D eigenvalue weighted by atomic mass is 10.1. The van der Waals surface area contributed by atoms with Crippen LogP contribution in [0.3, 0.4) is 0 Å². The number of amides is 1. The first-order chi connectivity index (χ1) is 7.24. The summed E-state index contributed by atoms with van der Waals surface area (Å²) in [5, 5.41) is 2.89. The van der Waals surface area contributed by atoms with Crippen molar-refractivity contribution in [2.24, 2.45) is 5.73 Å². The summed E-state index contributed by atoms with van der Waals surface area (Å²) in [6.07, 6.45) is 3.17. The maximum atomic E-state index is 11.7. The number of likely N-dealkylation sites (tertiary alicyclic amines) is 1. The summed E-state index contributed by atoms with van der Waals surface area (Å²) >= 11 is 1.57. The summed E-state index contributed by atoms with van der Waals surface area (Å²) in [5.41, 5.74) is 5.99. The molecule has 1 fully saturated rings. The van der Waals surface area contributed by atoms with Gasteiger partial charge in [-0.3, -0.25) is 4.79 Å². The number of carbonyl (C=O) groups excluding carboxylic acids is 1. The second-order valence-electron chi connectivity index (χ2n) is 3.77. The van der Waals surface area contributed by atoms with Gasteiger partial charge in [0.1, 0.15) is 5.01 Å². The van der Waals surface area contributed by atoms with Gasteiger partial charge in [0.15, 0.2) is 0 Å². The van der Waals surface area contributed by atoms with Crippen LogP contribution < -0.4 is 5.73 Å². The van der Waals surface area contributed by atoms with Crippen molar-refractivity contribution in [2.75, 3.05) is 6.54 Å². The van der Waals surface area contributed by atoms with Gasteiger partial charge in [0.25, 0.3) is 0 Å². The van der Waals surface area contributed by atoms with Gasteiger partial charge in [0.05, 0.1) is 6.04 Å². The van der Waals surface area contributed by atoms with Gasteiger partial charge in [-0.25, -0.2) is 4.98 Å². The van der Waals surface area contributed by atoms with Crippen LogP contribution in [0.1, 0.15) is 30.8 Å². The normalized spacial score (nSPS) is 26.3. The van der Waals surface area contributed by atoms with E-state index >= 15 is 0 Å². The third-order valence-corrected chi connectivity index (χ3v) is 3.49. The molecule has 2 heterocycles. The molecule has 1 saturated heterocycles. The molecule has 4 nitrogen and oxygen atoms in total. The highest BCUT2D eigenvalue weighted by molar-refractivity contribution is 7.09. The van der Waals surface area contributed by atoms with Crippen molar-refractivity contribution >= 4 is 17.2 Å². The third-order valence-electron chi connectivity index (χ3n) is 2.64. The molecule has 2 atom stereocenters. The van der Waals surface area contributed by atoms with Gasteiger partial charge in [-0.1, -0.05) is 6.92 Å². The SMILES string of the molecule is CCCN1C(=O)C[C@H](N)[C@H]1c1nccs1. The largest absolute Gasteiger partial charge is 0.332 e. The van der Waals surface area contributed by atoms with Crippen LogP contribution in [-0.2, 0) is 4.79 Å². The molecule has 0 aliphatic carbocycles. The van der Waals surface area contributed by atoms with Crippen molar-refractivity contribution < 1.29 is 4.79 Å². The molecule has 0 saturated carbocycles. The molecule has 2 rings (SSSR count). The molecule has 1 aromatic rings. The lowest BCUT2D eigenvalue weighted by molar-refractivity contribution is -0.129. The summed E-state index contributed by atoms with van der Waals surface area (Å²) in [7, 11) is 0.